The van der Waals surface area contributed by atoms with Gasteiger partial charge in [-0.1, -0.05) is 35.9 Å². The second-order valence-corrected chi connectivity index (χ2v) is 6.57. The van der Waals surface area contributed by atoms with Gasteiger partial charge in [-0.05, 0) is 45.4 Å². The minimum atomic E-state index is -4.85. The van der Waals surface area contributed by atoms with Crippen molar-refractivity contribution in [1.29, 1.82) is 0 Å². The first-order chi connectivity index (χ1) is 13.5. The second-order valence-electron chi connectivity index (χ2n) is 6.13. The molecule has 0 saturated carbocycles. The van der Waals surface area contributed by atoms with Crippen LogP contribution in [0, 0.1) is 0 Å². The molecule has 0 spiro atoms. The lowest BCUT2D eigenvalue weighted by atomic mass is 10.2. The summed E-state index contributed by atoms with van der Waals surface area (Å²) in [5.74, 6) is -0.463. The zero-order valence-electron chi connectivity index (χ0n) is 16.3. The first kappa shape index (κ1) is 24.4. The molecule has 160 valence electrons. The number of rotatable bonds is 9. The highest BCUT2D eigenvalue weighted by Gasteiger charge is 2.31. The normalized spacial score (nSPS) is 13.1. The summed E-state index contributed by atoms with van der Waals surface area (Å²) in [7, 11) is 0. The lowest BCUT2D eigenvalue weighted by Gasteiger charge is -2.16. The van der Waals surface area contributed by atoms with Gasteiger partial charge in [-0.2, -0.15) is 0 Å². The van der Waals surface area contributed by atoms with Crippen LogP contribution in [0.1, 0.15) is 27.2 Å². The van der Waals surface area contributed by atoms with Gasteiger partial charge in [-0.15, -0.1) is 13.2 Å². The number of amides is 1. The lowest BCUT2D eigenvalue weighted by Crippen LogP contribution is -2.29. The van der Waals surface area contributed by atoms with Gasteiger partial charge in [0.15, 0.2) is 0 Å². The van der Waals surface area contributed by atoms with Crippen LogP contribution in [0.4, 0.5) is 18.0 Å². The largest absolute Gasteiger partial charge is 0.573 e. The smallest absolute Gasteiger partial charge is 0.490 e. The molecule has 0 fully saturated rings. The minimum absolute atomic E-state index is 0.00679. The Balaban J connectivity index is 2.56. The van der Waals surface area contributed by atoms with Crippen molar-refractivity contribution >= 4 is 17.7 Å². The van der Waals surface area contributed by atoms with Gasteiger partial charge in [-0.3, -0.25) is 5.32 Å². The molecule has 9 heteroatoms. The van der Waals surface area contributed by atoms with E-state index in [1.54, 1.807) is 26.0 Å². The van der Waals surface area contributed by atoms with Crippen LogP contribution in [0.5, 0.6) is 11.5 Å². The first-order valence-electron chi connectivity index (χ1n) is 8.62. The number of benzene rings is 1. The zero-order valence-corrected chi connectivity index (χ0v) is 17.1. The average Bonchev–Trinajstić information content (AvgIpc) is 2.56. The number of nitrogens with one attached hydrogen (secondary N) is 1. The Morgan fingerprint density at radius 1 is 1.31 bits per heavy atom. The molecule has 0 aliphatic carbocycles. The SMILES string of the molecule is C=C(C)C/C=C\C(=C/C)NC(=O)OC(C)COc1cc(Cl)cc(OC(F)(F)F)c1. The molecule has 1 rings (SSSR count). The molecular weight excluding hydrogens is 411 g/mol. The highest BCUT2D eigenvalue weighted by atomic mass is 35.5. The van der Waals surface area contributed by atoms with Gasteiger partial charge in [0, 0.05) is 16.8 Å². The monoisotopic (exact) mass is 433 g/mol. The van der Waals surface area contributed by atoms with Crippen molar-refractivity contribution in [2.45, 2.75) is 39.7 Å². The van der Waals surface area contributed by atoms with E-state index in [4.69, 9.17) is 21.1 Å². The molecule has 0 bridgehead atoms. The lowest BCUT2D eigenvalue weighted by molar-refractivity contribution is -0.274. The van der Waals surface area contributed by atoms with E-state index in [2.05, 4.69) is 16.6 Å². The number of alkyl carbamates (subject to hydrolysis) is 1. The Morgan fingerprint density at radius 3 is 2.55 bits per heavy atom. The number of carbonyl (C=O) groups excluding carboxylic acids is 1. The van der Waals surface area contributed by atoms with Gasteiger partial charge in [0.1, 0.15) is 24.2 Å². The Kier molecular flexibility index (Phi) is 9.61. The van der Waals surface area contributed by atoms with E-state index in [1.165, 1.54) is 6.07 Å². The highest BCUT2D eigenvalue weighted by Crippen LogP contribution is 2.30. The van der Waals surface area contributed by atoms with Crippen LogP contribution in [0.3, 0.4) is 0 Å². The number of alkyl halides is 3. The third-order valence-electron chi connectivity index (χ3n) is 3.19. The molecule has 1 amide bonds. The van der Waals surface area contributed by atoms with E-state index < -0.39 is 24.3 Å². The highest BCUT2D eigenvalue weighted by molar-refractivity contribution is 6.30. The van der Waals surface area contributed by atoms with Gasteiger partial charge in [0.05, 0.1) is 0 Å². The maximum atomic E-state index is 12.3. The first-order valence-corrected chi connectivity index (χ1v) is 9.00. The van der Waals surface area contributed by atoms with Crippen molar-refractivity contribution in [2.24, 2.45) is 0 Å². The van der Waals surface area contributed by atoms with Crippen LogP contribution in [0.2, 0.25) is 5.02 Å². The van der Waals surface area contributed by atoms with E-state index in [1.807, 2.05) is 13.0 Å². The summed E-state index contributed by atoms with van der Waals surface area (Å²) in [6.45, 7) is 8.90. The number of halogens is 4. The predicted molar refractivity (Wildman–Crippen MR) is 105 cm³/mol. The maximum Gasteiger partial charge on any atom is 0.573 e. The fourth-order valence-electron chi connectivity index (χ4n) is 1.99. The summed E-state index contributed by atoms with van der Waals surface area (Å²) in [4.78, 5) is 11.9. The summed E-state index contributed by atoms with van der Waals surface area (Å²) >= 11 is 5.77. The summed E-state index contributed by atoms with van der Waals surface area (Å²) in [6.07, 6.45) is -0.265. The Morgan fingerprint density at radius 2 is 1.97 bits per heavy atom. The molecular formula is C20H23ClF3NO4. The van der Waals surface area contributed by atoms with Crippen LogP contribution in [-0.2, 0) is 4.74 Å². The molecule has 0 aliphatic heterocycles. The summed E-state index contributed by atoms with van der Waals surface area (Å²) in [5.41, 5.74) is 1.53. The summed E-state index contributed by atoms with van der Waals surface area (Å²) in [6, 6.07) is 3.37. The Bertz CT molecular complexity index is 775. The van der Waals surface area contributed by atoms with E-state index >= 15 is 0 Å². The van der Waals surface area contributed by atoms with Crippen molar-refractivity contribution in [3.8, 4) is 11.5 Å². The van der Waals surface area contributed by atoms with Crippen LogP contribution in [0.25, 0.3) is 0 Å². The third kappa shape index (κ3) is 11.1. The topological polar surface area (TPSA) is 56.8 Å². The van der Waals surface area contributed by atoms with Crippen LogP contribution >= 0.6 is 11.6 Å². The average molecular weight is 434 g/mol. The maximum absolute atomic E-state index is 12.3. The molecule has 5 nitrogen and oxygen atoms in total. The number of allylic oxidation sites excluding steroid dienone is 4. The van der Waals surface area contributed by atoms with E-state index in [0.717, 1.165) is 17.7 Å². The van der Waals surface area contributed by atoms with Crippen LogP contribution in [0.15, 0.2) is 54.3 Å². The van der Waals surface area contributed by atoms with Crippen molar-refractivity contribution in [3.63, 3.8) is 0 Å². The molecule has 0 aromatic heterocycles. The molecule has 0 heterocycles. The van der Waals surface area contributed by atoms with E-state index in [-0.39, 0.29) is 17.4 Å². The fraction of sp³-hybridized carbons (Fsp3) is 0.350. The molecule has 1 aromatic rings. The van der Waals surface area contributed by atoms with E-state index in [0.29, 0.717) is 12.1 Å². The molecule has 1 unspecified atom stereocenters. The number of ether oxygens (including phenoxy) is 3. The van der Waals surface area contributed by atoms with Gasteiger partial charge in [0.2, 0.25) is 0 Å². The minimum Gasteiger partial charge on any atom is -0.490 e. The fourth-order valence-corrected chi connectivity index (χ4v) is 2.20. The molecule has 0 saturated heterocycles. The number of hydrogen-bond donors (Lipinski definition) is 1. The standard InChI is InChI=1S/C20H23ClF3NO4/c1-5-16(8-6-7-13(2)3)25-19(26)28-14(4)12-27-17-9-15(21)10-18(11-17)29-20(22,23)24/h5-6,8-11,14H,2,7,12H2,1,3-4H3,(H,25,26)/b8-6-,16-5+. The second kappa shape index (κ2) is 11.4. The number of carbonyl (C=O) groups is 1. The molecule has 0 radical (unpaired) electrons. The van der Waals surface area contributed by atoms with Crippen molar-refractivity contribution in [2.75, 3.05) is 6.61 Å². The molecule has 0 aliphatic rings. The van der Waals surface area contributed by atoms with Gasteiger partial charge in [-0.25, -0.2) is 4.79 Å². The third-order valence-corrected chi connectivity index (χ3v) is 3.41. The molecule has 1 atom stereocenters. The van der Waals surface area contributed by atoms with Gasteiger partial charge < -0.3 is 14.2 Å². The van der Waals surface area contributed by atoms with Gasteiger partial charge >= 0.3 is 12.5 Å². The van der Waals surface area contributed by atoms with Crippen molar-refractivity contribution in [3.05, 3.63) is 59.3 Å². The van der Waals surface area contributed by atoms with Crippen molar-refractivity contribution in [1.82, 2.24) is 5.32 Å². The van der Waals surface area contributed by atoms with E-state index in [9.17, 15) is 18.0 Å². The van der Waals surface area contributed by atoms with Crippen molar-refractivity contribution < 1.29 is 32.2 Å². The predicted octanol–water partition coefficient (Wildman–Crippen LogP) is 6.16. The van der Waals surface area contributed by atoms with Crippen LogP contribution < -0.4 is 14.8 Å². The molecule has 1 aromatic carbocycles. The Labute approximate surface area is 172 Å². The quantitative estimate of drug-likeness (QED) is 0.374. The summed E-state index contributed by atoms with van der Waals surface area (Å²) in [5, 5.41) is 2.58. The number of hydrogen-bond acceptors (Lipinski definition) is 4. The summed E-state index contributed by atoms with van der Waals surface area (Å²) < 4.78 is 51.3. The molecule has 1 N–H and O–H groups in total. The van der Waals surface area contributed by atoms with Gasteiger partial charge in [0.25, 0.3) is 0 Å². The van der Waals surface area contributed by atoms with Crippen LogP contribution in [-0.4, -0.2) is 25.2 Å². The molecule has 29 heavy (non-hydrogen) atoms. The Hall–Kier alpha value is -2.61. The zero-order chi connectivity index (χ0) is 22.0.